The lowest BCUT2D eigenvalue weighted by Crippen LogP contribution is -2.55. The number of halogens is 3. The van der Waals surface area contributed by atoms with Gasteiger partial charge >= 0.3 is 6.18 Å². The molecule has 10 heteroatoms. The van der Waals surface area contributed by atoms with E-state index in [4.69, 9.17) is 17.5 Å². The molecular weight excluding hydrogens is 417 g/mol. The van der Waals surface area contributed by atoms with Gasteiger partial charge < -0.3 is 10.0 Å². The first kappa shape index (κ1) is 20.3. The van der Waals surface area contributed by atoms with Crippen molar-refractivity contribution in [2.75, 3.05) is 9.80 Å². The number of aliphatic hydroxyl groups excluding tert-OH is 1. The summed E-state index contributed by atoms with van der Waals surface area (Å²) in [5.41, 5.74) is -2.59. The molecule has 4 rings (SSSR count). The lowest BCUT2D eigenvalue weighted by Gasteiger charge is -2.43. The number of amides is 1. The first-order valence-corrected chi connectivity index (χ1v) is 9.50. The molecule has 6 nitrogen and oxygen atoms in total. The van der Waals surface area contributed by atoms with E-state index in [2.05, 4.69) is 4.98 Å². The summed E-state index contributed by atoms with van der Waals surface area (Å²) in [5, 5.41) is 18.5. The molecule has 0 unspecified atom stereocenters. The highest BCUT2D eigenvalue weighted by molar-refractivity contribution is 7.81. The lowest BCUT2D eigenvalue weighted by molar-refractivity contribution is -0.137. The highest BCUT2D eigenvalue weighted by atomic mass is 32.1. The van der Waals surface area contributed by atoms with Gasteiger partial charge in [-0.05, 0) is 55.2 Å². The van der Waals surface area contributed by atoms with E-state index < -0.39 is 34.6 Å². The Kier molecular flexibility index (Phi) is 4.75. The predicted octanol–water partition coefficient (Wildman–Crippen LogP) is 3.53. The number of hydrogen-bond donors (Lipinski definition) is 1. The number of pyridine rings is 1. The number of hydrogen-bond acceptors (Lipinski definition) is 5. The second-order valence-corrected chi connectivity index (χ2v) is 7.50. The molecule has 154 valence electrons. The molecule has 1 aliphatic heterocycles. The first-order chi connectivity index (χ1) is 14.2. The van der Waals surface area contributed by atoms with E-state index in [0.29, 0.717) is 24.1 Å². The van der Waals surface area contributed by atoms with Crippen LogP contribution in [-0.4, -0.2) is 26.6 Å². The lowest BCUT2D eigenvalue weighted by atomic mass is 9.75. The minimum Gasteiger partial charge on any atom is -0.392 e. The average molecular weight is 432 g/mol. The molecule has 1 saturated carbocycles. The number of thiocarbonyl (C=S) groups is 1. The maximum Gasteiger partial charge on any atom is 0.421 e. The van der Waals surface area contributed by atoms with E-state index >= 15 is 0 Å². The second kappa shape index (κ2) is 7.04. The summed E-state index contributed by atoms with van der Waals surface area (Å²) in [6.07, 6.45) is -2.25. The largest absolute Gasteiger partial charge is 0.421 e. The Balaban J connectivity index is 1.89. The maximum absolute atomic E-state index is 13.8. The van der Waals surface area contributed by atoms with Gasteiger partial charge in [0.25, 0.3) is 5.91 Å². The summed E-state index contributed by atoms with van der Waals surface area (Å²) in [4.78, 5) is 19.4. The molecule has 1 N–H and O–H groups in total. The van der Waals surface area contributed by atoms with Gasteiger partial charge in [0.2, 0.25) is 0 Å². The van der Waals surface area contributed by atoms with Gasteiger partial charge in [-0.25, -0.2) is 4.98 Å². The molecule has 1 aromatic carbocycles. The third-order valence-electron chi connectivity index (χ3n) is 5.50. The van der Waals surface area contributed by atoms with Crippen LogP contribution in [0, 0.1) is 11.3 Å². The number of aromatic nitrogens is 1. The van der Waals surface area contributed by atoms with E-state index in [1.54, 1.807) is 29.2 Å². The Morgan fingerprint density at radius 3 is 2.60 bits per heavy atom. The van der Waals surface area contributed by atoms with E-state index in [0.717, 1.165) is 23.6 Å². The highest BCUT2D eigenvalue weighted by Gasteiger charge is 2.60. The van der Waals surface area contributed by atoms with Crippen LogP contribution in [0.3, 0.4) is 0 Å². The molecule has 1 spiro atoms. The van der Waals surface area contributed by atoms with Crippen LogP contribution in [-0.2, 0) is 17.6 Å². The number of aliphatic hydroxyl groups is 1. The first-order valence-electron chi connectivity index (χ1n) is 9.09. The van der Waals surface area contributed by atoms with Crippen molar-refractivity contribution in [1.82, 2.24) is 4.98 Å². The summed E-state index contributed by atoms with van der Waals surface area (Å²) in [7, 11) is 0. The Bertz CT molecular complexity index is 1090. The van der Waals surface area contributed by atoms with Crippen LogP contribution in [0.2, 0.25) is 0 Å². The summed E-state index contributed by atoms with van der Waals surface area (Å²) >= 11 is 5.49. The number of benzene rings is 1. The molecule has 1 saturated heterocycles. The number of nitrogens with zero attached hydrogens (tertiary/aromatic N) is 4. The Hall–Kier alpha value is -3.03. The fourth-order valence-corrected chi connectivity index (χ4v) is 4.45. The molecule has 2 aliphatic rings. The molecule has 2 aromatic rings. The van der Waals surface area contributed by atoms with Crippen LogP contribution in [0.1, 0.15) is 36.1 Å². The highest BCUT2D eigenvalue weighted by Crippen LogP contribution is 2.49. The summed E-state index contributed by atoms with van der Waals surface area (Å²) < 4.78 is 41.4. The molecule has 2 heterocycles. The second-order valence-electron chi connectivity index (χ2n) is 7.13. The van der Waals surface area contributed by atoms with Gasteiger partial charge in [-0.15, -0.1) is 0 Å². The van der Waals surface area contributed by atoms with Crippen LogP contribution >= 0.6 is 12.2 Å². The SMILES string of the molecule is N#Cc1nccc(N2C(=O)C3(CCC3)N(c3cccc(CO)c3)C2=S)c1C(F)(F)F. The van der Waals surface area contributed by atoms with Crippen molar-refractivity contribution >= 4 is 34.6 Å². The van der Waals surface area contributed by atoms with Gasteiger partial charge in [0, 0.05) is 11.9 Å². The molecule has 1 aromatic heterocycles. The van der Waals surface area contributed by atoms with Gasteiger partial charge in [-0.3, -0.25) is 9.69 Å². The van der Waals surface area contributed by atoms with Crippen LogP contribution in [0.15, 0.2) is 36.5 Å². The van der Waals surface area contributed by atoms with Crippen molar-refractivity contribution in [1.29, 1.82) is 5.26 Å². The van der Waals surface area contributed by atoms with Crippen molar-refractivity contribution in [2.45, 2.75) is 37.6 Å². The van der Waals surface area contributed by atoms with Gasteiger partial charge in [-0.1, -0.05) is 12.1 Å². The number of alkyl halides is 3. The third kappa shape index (κ3) is 2.85. The van der Waals surface area contributed by atoms with Gasteiger partial charge in [0.1, 0.15) is 17.2 Å². The molecule has 0 atom stereocenters. The van der Waals surface area contributed by atoms with Crippen molar-refractivity contribution in [3.8, 4) is 6.07 Å². The van der Waals surface area contributed by atoms with Crippen LogP contribution in [0.5, 0.6) is 0 Å². The standard InChI is InChI=1S/C20H15F3N4O2S/c21-20(22,23)16-14(10-24)25-8-5-15(16)26-17(29)19(6-2-7-19)27(18(26)30)13-4-1-3-12(9-13)11-28/h1,3-5,8-9,28H,2,6-7,11H2. The van der Waals surface area contributed by atoms with E-state index in [1.165, 1.54) is 6.07 Å². The van der Waals surface area contributed by atoms with Crippen LogP contribution in [0.25, 0.3) is 0 Å². The van der Waals surface area contributed by atoms with E-state index in [-0.39, 0.29) is 11.7 Å². The zero-order valence-electron chi connectivity index (χ0n) is 15.5. The van der Waals surface area contributed by atoms with E-state index in [1.807, 2.05) is 0 Å². The molecule has 0 radical (unpaired) electrons. The smallest absolute Gasteiger partial charge is 0.392 e. The Morgan fingerprint density at radius 2 is 2.03 bits per heavy atom. The van der Waals surface area contributed by atoms with Crippen molar-refractivity contribution in [3.05, 3.63) is 53.3 Å². The Labute approximate surface area is 175 Å². The normalized spacial score (nSPS) is 18.0. The quantitative estimate of drug-likeness (QED) is 0.748. The zero-order valence-corrected chi connectivity index (χ0v) is 16.3. The molecule has 1 amide bonds. The van der Waals surface area contributed by atoms with Crippen molar-refractivity contribution in [2.24, 2.45) is 0 Å². The number of carbonyl (C=O) groups is 1. The molecule has 30 heavy (non-hydrogen) atoms. The summed E-state index contributed by atoms with van der Waals surface area (Å²) in [6.45, 7) is -0.229. The minimum absolute atomic E-state index is 0.102. The number of anilines is 2. The molecule has 0 bridgehead atoms. The summed E-state index contributed by atoms with van der Waals surface area (Å²) in [6, 6.07) is 9.23. The topological polar surface area (TPSA) is 80.5 Å². The minimum atomic E-state index is -4.90. The van der Waals surface area contributed by atoms with E-state index in [9.17, 15) is 23.1 Å². The Morgan fingerprint density at radius 1 is 1.30 bits per heavy atom. The molecular formula is C20H15F3N4O2S. The monoisotopic (exact) mass is 432 g/mol. The zero-order chi connectivity index (χ0) is 21.7. The van der Waals surface area contributed by atoms with Gasteiger partial charge in [0.05, 0.1) is 12.3 Å². The van der Waals surface area contributed by atoms with Gasteiger partial charge in [-0.2, -0.15) is 18.4 Å². The maximum atomic E-state index is 13.8. The number of carbonyl (C=O) groups excluding carboxylic acids is 1. The molecule has 2 fully saturated rings. The predicted molar refractivity (Wildman–Crippen MR) is 105 cm³/mol. The summed E-state index contributed by atoms with van der Waals surface area (Å²) in [5.74, 6) is -0.561. The van der Waals surface area contributed by atoms with Crippen molar-refractivity contribution in [3.63, 3.8) is 0 Å². The van der Waals surface area contributed by atoms with Gasteiger partial charge in [0.15, 0.2) is 10.8 Å². The van der Waals surface area contributed by atoms with Crippen LogP contribution < -0.4 is 9.80 Å². The third-order valence-corrected chi connectivity index (χ3v) is 5.87. The molecule has 1 aliphatic carbocycles. The number of nitriles is 1. The average Bonchev–Trinajstić information content (AvgIpc) is 2.93. The fraction of sp³-hybridized carbons (Fsp3) is 0.300. The van der Waals surface area contributed by atoms with Crippen LogP contribution in [0.4, 0.5) is 24.5 Å². The fourth-order valence-electron chi connectivity index (χ4n) is 3.99. The van der Waals surface area contributed by atoms with Crippen molar-refractivity contribution < 1.29 is 23.1 Å². The number of rotatable bonds is 3.